The van der Waals surface area contributed by atoms with Crippen molar-refractivity contribution in [2.24, 2.45) is 17.8 Å². The third-order valence-electron chi connectivity index (χ3n) is 9.22. The summed E-state index contributed by atoms with van der Waals surface area (Å²) in [6.45, 7) is 2.52. The molecule has 3 heterocycles. The lowest BCUT2D eigenvalue weighted by Gasteiger charge is -2.30. The first-order valence-electron chi connectivity index (χ1n) is 15.5. The number of benzene rings is 3. The average molecular weight is 598 g/mol. The van der Waals surface area contributed by atoms with E-state index in [9.17, 15) is 14.7 Å². The Morgan fingerprint density at radius 3 is 2.47 bits per heavy atom. The van der Waals surface area contributed by atoms with E-state index in [-0.39, 0.29) is 35.5 Å². The summed E-state index contributed by atoms with van der Waals surface area (Å²) in [6, 6.07) is 30.4. The fraction of sp³-hybridized carbons (Fsp3) is 0.237. The number of nitrogens with zero attached hydrogens (tertiary/aromatic N) is 2. The molecule has 3 aromatic carbocycles. The summed E-state index contributed by atoms with van der Waals surface area (Å²) < 4.78 is 6.40. The first-order chi connectivity index (χ1) is 22.0. The normalized spacial score (nSPS) is 22.9. The van der Waals surface area contributed by atoms with E-state index in [4.69, 9.17) is 4.74 Å². The number of fused-ring (bicyclic) bond motifs is 3. The van der Waals surface area contributed by atoms with E-state index in [1.807, 2.05) is 84.9 Å². The zero-order valence-corrected chi connectivity index (χ0v) is 25.1. The Kier molecular flexibility index (Phi) is 7.78. The molecule has 1 aromatic heterocycles. The lowest BCUT2D eigenvalue weighted by atomic mass is 9.70. The first-order valence-corrected chi connectivity index (χ1v) is 15.5. The van der Waals surface area contributed by atoms with Crippen LogP contribution in [0.4, 0.5) is 17.1 Å². The van der Waals surface area contributed by atoms with Crippen LogP contribution in [0.5, 0.6) is 5.75 Å². The van der Waals surface area contributed by atoms with Gasteiger partial charge in [-0.2, -0.15) is 0 Å². The van der Waals surface area contributed by atoms with Crippen LogP contribution in [0.1, 0.15) is 37.4 Å². The van der Waals surface area contributed by atoms with Crippen LogP contribution in [-0.2, 0) is 14.3 Å². The van der Waals surface area contributed by atoms with Gasteiger partial charge in [0.15, 0.2) is 0 Å². The minimum absolute atomic E-state index is 0.109. The van der Waals surface area contributed by atoms with Crippen molar-refractivity contribution in [1.29, 1.82) is 0 Å². The first kappa shape index (κ1) is 28.7. The van der Waals surface area contributed by atoms with Gasteiger partial charge in [-0.25, -0.2) is 0 Å². The molecule has 2 aliphatic heterocycles. The highest BCUT2D eigenvalue weighted by atomic mass is 16.5. The summed E-state index contributed by atoms with van der Waals surface area (Å²) in [6.07, 6.45) is 5.71. The second-order valence-electron chi connectivity index (χ2n) is 12.1. The van der Waals surface area contributed by atoms with Crippen LogP contribution in [-0.4, -0.2) is 34.6 Å². The number of ether oxygens (including phenoxy) is 1. The van der Waals surface area contributed by atoms with Gasteiger partial charge in [-0.15, -0.1) is 0 Å². The number of rotatable bonds is 8. The molecule has 1 aliphatic carbocycles. The molecule has 226 valence electrons. The summed E-state index contributed by atoms with van der Waals surface area (Å²) in [7, 11) is 0. The third kappa shape index (κ3) is 5.67. The number of hydrogen-bond donors (Lipinski definition) is 2. The lowest BCUT2D eigenvalue weighted by molar-refractivity contribution is -0.122. The number of pyridine rings is 1. The fourth-order valence-electron chi connectivity index (χ4n) is 7.19. The monoisotopic (exact) mass is 597 g/mol. The zero-order chi connectivity index (χ0) is 30.9. The molecule has 0 spiro atoms. The second kappa shape index (κ2) is 12.2. The molecule has 7 rings (SSSR count). The summed E-state index contributed by atoms with van der Waals surface area (Å²) >= 11 is 0. The van der Waals surface area contributed by atoms with Crippen molar-refractivity contribution in [3.05, 3.63) is 126 Å². The molecule has 7 nitrogen and oxygen atoms in total. The quantitative estimate of drug-likeness (QED) is 0.163. The minimum Gasteiger partial charge on any atom is -0.508 e. The molecule has 2 fully saturated rings. The highest BCUT2D eigenvalue weighted by Gasteiger charge is 2.56. The maximum atomic E-state index is 13.9. The SMILES string of the molecule is CC1=C2[C@@H](CC/C(=C/c3cccc(O)c3)c3ccccn3)OC[C@@H]2[C@@H]2C(=O)N(c3ccc(Nc4ccccc4)cc3)C(=O)[C@@H]2C1. The number of amides is 2. The molecule has 2 amide bonds. The van der Waals surface area contributed by atoms with Crippen LogP contribution < -0.4 is 10.2 Å². The van der Waals surface area contributed by atoms with E-state index in [1.165, 1.54) is 10.5 Å². The van der Waals surface area contributed by atoms with Gasteiger partial charge in [-0.3, -0.25) is 19.5 Å². The van der Waals surface area contributed by atoms with Crippen LogP contribution in [0.25, 0.3) is 11.6 Å². The summed E-state index contributed by atoms with van der Waals surface area (Å²) in [5, 5.41) is 13.4. The van der Waals surface area contributed by atoms with Gasteiger partial charge < -0.3 is 15.2 Å². The Bertz CT molecular complexity index is 1780. The van der Waals surface area contributed by atoms with Gasteiger partial charge in [0.25, 0.3) is 0 Å². The molecule has 0 saturated carbocycles. The molecule has 0 unspecified atom stereocenters. The van der Waals surface area contributed by atoms with E-state index in [2.05, 4.69) is 23.3 Å². The number of carbonyl (C=O) groups excluding carboxylic acids is 2. The number of imide groups is 1. The van der Waals surface area contributed by atoms with E-state index >= 15 is 0 Å². The Balaban J connectivity index is 1.08. The summed E-state index contributed by atoms with van der Waals surface area (Å²) in [5.41, 5.74) is 7.61. The molecular weight excluding hydrogens is 562 g/mol. The Labute approximate surface area is 262 Å². The van der Waals surface area contributed by atoms with Crippen molar-refractivity contribution >= 4 is 40.5 Å². The number of para-hydroxylation sites is 1. The van der Waals surface area contributed by atoms with Crippen LogP contribution in [0, 0.1) is 17.8 Å². The Morgan fingerprint density at radius 2 is 1.71 bits per heavy atom. The highest BCUT2D eigenvalue weighted by molar-refractivity contribution is 6.22. The standard InChI is InChI=1S/C38H35N3O4/c1-24-20-31-36(38(44)41(37(31)43)29-16-14-28(15-17-29)40-27-9-3-2-4-10-27)32-23-45-34(35(24)32)18-13-26(33-12-5-6-19-39-33)21-25-8-7-11-30(42)22-25/h2-12,14-17,19,21-22,31-32,34,36,40,42H,13,18,20,23H2,1H3/b26-21-/t31-,32+,34-,36-/m1/s1. The number of phenols is 1. The number of aromatic nitrogens is 1. The number of aromatic hydroxyl groups is 1. The van der Waals surface area contributed by atoms with Crippen LogP contribution in [0.2, 0.25) is 0 Å². The fourth-order valence-corrected chi connectivity index (χ4v) is 7.19. The van der Waals surface area contributed by atoms with Gasteiger partial charge in [0.05, 0.1) is 35.9 Å². The molecule has 4 atom stereocenters. The highest BCUT2D eigenvalue weighted by Crippen LogP contribution is 2.50. The number of allylic oxidation sites excluding steroid dienone is 2. The van der Waals surface area contributed by atoms with Gasteiger partial charge in [-0.1, -0.05) is 42.0 Å². The maximum Gasteiger partial charge on any atom is 0.238 e. The molecule has 2 N–H and O–H groups in total. The maximum absolute atomic E-state index is 13.9. The van der Waals surface area contributed by atoms with E-state index < -0.39 is 5.92 Å². The number of anilines is 3. The van der Waals surface area contributed by atoms with E-state index in [1.54, 1.807) is 18.3 Å². The second-order valence-corrected chi connectivity index (χ2v) is 12.1. The molecule has 0 bridgehead atoms. The van der Waals surface area contributed by atoms with Crippen molar-refractivity contribution < 1.29 is 19.4 Å². The van der Waals surface area contributed by atoms with Crippen molar-refractivity contribution in [3.63, 3.8) is 0 Å². The molecule has 7 heteroatoms. The summed E-state index contributed by atoms with van der Waals surface area (Å²) in [5.74, 6) is -0.934. The van der Waals surface area contributed by atoms with Gasteiger partial charge in [0, 0.05) is 23.5 Å². The van der Waals surface area contributed by atoms with Crippen molar-refractivity contribution in [3.8, 4) is 5.75 Å². The van der Waals surface area contributed by atoms with Crippen LogP contribution >= 0.6 is 0 Å². The number of carbonyl (C=O) groups is 2. The lowest BCUT2D eigenvalue weighted by Crippen LogP contribution is -2.34. The third-order valence-corrected chi connectivity index (χ3v) is 9.22. The largest absolute Gasteiger partial charge is 0.508 e. The smallest absolute Gasteiger partial charge is 0.238 e. The summed E-state index contributed by atoms with van der Waals surface area (Å²) in [4.78, 5) is 33.6. The van der Waals surface area contributed by atoms with Gasteiger partial charge in [0.2, 0.25) is 11.8 Å². The number of phenolic OH excluding ortho intramolecular Hbond substituents is 1. The molecule has 2 saturated heterocycles. The van der Waals surface area contributed by atoms with Gasteiger partial charge >= 0.3 is 0 Å². The predicted octanol–water partition coefficient (Wildman–Crippen LogP) is 7.39. The van der Waals surface area contributed by atoms with Crippen LogP contribution in [0.15, 0.2) is 114 Å². The Hall–Kier alpha value is -5.01. The molecule has 45 heavy (non-hydrogen) atoms. The van der Waals surface area contributed by atoms with Crippen molar-refractivity contribution in [2.45, 2.75) is 32.3 Å². The van der Waals surface area contributed by atoms with Crippen LogP contribution in [0.3, 0.4) is 0 Å². The Morgan fingerprint density at radius 1 is 0.933 bits per heavy atom. The van der Waals surface area contributed by atoms with Gasteiger partial charge in [-0.05, 0) is 110 Å². The number of nitrogens with one attached hydrogen (secondary N) is 1. The van der Waals surface area contributed by atoms with Gasteiger partial charge in [0.1, 0.15) is 5.75 Å². The van der Waals surface area contributed by atoms with Crippen molar-refractivity contribution in [2.75, 3.05) is 16.8 Å². The molecule has 0 radical (unpaired) electrons. The molecular formula is C38H35N3O4. The minimum atomic E-state index is -0.415. The zero-order valence-electron chi connectivity index (χ0n) is 25.1. The van der Waals surface area contributed by atoms with E-state index in [0.717, 1.165) is 40.2 Å². The number of hydrogen-bond acceptors (Lipinski definition) is 6. The predicted molar refractivity (Wildman–Crippen MR) is 176 cm³/mol. The molecule has 4 aromatic rings. The average Bonchev–Trinajstić information content (AvgIpc) is 3.59. The van der Waals surface area contributed by atoms with E-state index in [0.29, 0.717) is 25.1 Å². The topological polar surface area (TPSA) is 91.8 Å². The molecule has 3 aliphatic rings. The van der Waals surface area contributed by atoms with Crippen molar-refractivity contribution in [1.82, 2.24) is 4.98 Å².